The van der Waals surface area contributed by atoms with Crippen molar-refractivity contribution in [1.29, 1.82) is 0 Å². The Morgan fingerprint density at radius 3 is 2.52 bits per heavy atom. The number of hydrogen-bond donors (Lipinski definition) is 1. The molecule has 0 unspecified atom stereocenters. The molecule has 2 aromatic carbocycles. The van der Waals surface area contributed by atoms with E-state index in [1.54, 1.807) is 13.0 Å². The molecule has 3 amide bonds. The van der Waals surface area contributed by atoms with Crippen LogP contribution in [-0.2, 0) is 10.3 Å². The minimum atomic E-state index is -1.19. The van der Waals surface area contributed by atoms with Crippen molar-refractivity contribution in [3.63, 3.8) is 0 Å². The van der Waals surface area contributed by atoms with Crippen LogP contribution < -0.4 is 5.32 Å². The fraction of sp³-hybridized carbons (Fsp3) is 0.190. The highest BCUT2D eigenvalue weighted by Crippen LogP contribution is 2.31. The predicted octanol–water partition coefficient (Wildman–Crippen LogP) is 3.86. The van der Waals surface area contributed by atoms with E-state index < -0.39 is 17.5 Å². The Hall–Kier alpha value is -2.99. The molecule has 4 rings (SSSR count). The zero-order valence-corrected chi connectivity index (χ0v) is 15.8. The Balaban J connectivity index is 1.63. The Bertz CT molecular complexity index is 1090. The van der Waals surface area contributed by atoms with Crippen LogP contribution in [0.15, 0.2) is 54.6 Å². The van der Waals surface area contributed by atoms with E-state index in [0.717, 1.165) is 20.5 Å². The number of nitrogens with one attached hydrogen (secondary N) is 1. The molecule has 1 N–H and O–H groups in total. The topological polar surface area (TPSA) is 66.5 Å². The third-order valence-corrected chi connectivity index (χ3v) is 5.96. The first-order valence-corrected chi connectivity index (χ1v) is 9.43. The van der Waals surface area contributed by atoms with Crippen LogP contribution in [-0.4, -0.2) is 29.2 Å². The molecule has 0 radical (unpaired) electrons. The van der Waals surface area contributed by atoms with Gasteiger partial charge in [-0.2, -0.15) is 0 Å². The second-order valence-electron chi connectivity index (χ2n) is 6.84. The quantitative estimate of drug-likeness (QED) is 0.554. The molecule has 1 aliphatic heterocycles. The van der Waals surface area contributed by atoms with Crippen molar-refractivity contribution >= 4 is 39.8 Å². The number of carbonyl (C=O) groups is 3. The molecule has 0 bridgehead atoms. The summed E-state index contributed by atoms with van der Waals surface area (Å²) < 4.78 is 0. The van der Waals surface area contributed by atoms with E-state index in [1.165, 1.54) is 11.3 Å². The number of carbonyl (C=O) groups excluding carboxylic acids is 3. The van der Waals surface area contributed by atoms with Gasteiger partial charge < -0.3 is 5.32 Å². The second kappa shape index (κ2) is 6.32. The van der Waals surface area contributed by atoms with Crippen LogP contribution in [0.5, 0.6) is 0 Å². The molecule has 2 heterocycles. The summed E-state index contributed by atoms with van der Waals surface area (Å²) >= 11 is 1.36. The third kappa shape index (κ3) is 2.92. The number of Topliss-reactive ketones (excluding diaryl/α,β-unsaturated/α-hetero) is 1. The summed E-state index contributed by atoms with van der Waals surface area (Å²) in [5, 5.41) is 4.81. The first kappa shape index (κ1) is 17.4. The summed E-state index contributed by atoms with van der Waals surface area (Å²) in [6.45, 7) is 3.33. The lowest BCUT2D eigenvalue weighted by molar-refractivity contribution is -0.130. The maximum atomic E-state index is 13.0. The lowest BCUT2D eigenvalue weighted by Crippen LogP contribution is -2.41. The summed E-state index contributed by atoms with van der Waals surface area (Å²) in [6, 6.07) is 16.5. The fourth-order valence-corrected chi connectivity index (χ4v) is 4.14. The van der Waals surface area contributed by atoms with Gasteiger partial charge in [0.2, 0.25) is 0 Å². The zero-order valence-electron chi connectivity index (χ0n) is 15.0. The molecule has 1 atom stereocenters. The molecule has 27 heavy (non-hydrogen) atoms. The predicted molar refractivity (Wildman–Crippen MR) is 105 cm³/mol. The number of rotatable bonds is 4. The number of aryl methyl sites for hydroxylation is 1. The van der Waals surface area contributed by atoms with E-state index in [0.29, 0.717) is 10.4 Å². The van der Waals surface area contributed by atoms with Gasteiger partial charge in [0.05, 0.1) is 11.4 Å². The number of thiophene rings is 1. The molecular formula is C21H18N2O3S. The minimum absolute atomic E-state index is 0.237. The zero-order chi connectivity index (χ0) is 19.2. The van der Waals surface area contributed by atoms with Crippen LogP contribution >= 0.6 is 11.3 Å². The lowest BCUT2D eigenvalue weighted by Gasteiger charge is -2.22. The molecule has 5 nitrogen and oxygen atoms in total. The first-order valence-electron chi connectivity index (χ1n) is 8.61. The number of hydrogen-bond acceptors (Lipinski definition) is 4. The van der Waals surface area contributed by atoms with Gasteiger partial charge in [0.1, 0.15) is 5.54 Å². The molecule has 136 valence electrons. The summed E-state index contributed by atoms with van der Waals surface area (Å²) in [5.74, 6) is -0.649. The molecule has 3 aromatic rings. The van der Waals surface area contributed by atoms with Crippen LogP contribution in [0.4, 0.5) is 4.79 Å². The van der Waals surface area contributed by atoms with Crippen molar-refractivity contribution in [1.82, 2.24) is 10.2 Å². The van der Waals surface area contributed by atoms with Crippen molar-refractivity contribution in [2.24, 2.45) is 0 Å². The molecule has 0 aliphatic carbocycles. The molecule has 0 saturated carbocycles. The number of nitrogens with zero attached hydrogens (tertiary/aromatic N) is 1. The van der Waals surface area contributed by atoms with Crippen molar-refractivity contribution in [2.45, 2.75) is 19.4 Å². The maximum absolute atomic E-state index is 13.0. The van der Waals surface area contributed by atoms with Gasteiger partial charge in [-0.25, -0.2) is 4.79 Å². The van der Waals surface area contributed by atoms with E-state index >= 15 is 0 Å². The number of fused-ring (bicyclic) bond motifs is 1. The first-order chi connectivity index (χ1) is 12.9. The average molecular weight is 378 g/mol. The number of ketones is 1. The number of benzene rings is 2. The van der Waals surface area contributed by atoms with Crippen LogP contribution in [0.3, 0.4) is 0 Å². The van der Waals surface area contributed by atoms with Crippen LogP contribution in [0.2, 0.25) is 0 Å². The molecule has 0 spiro atoms. The summed E-state index contributed by atoms with van der Waals surface area (Å²) in [5.41, 5.74) is -0.492. The molecule has 1 fully saturated rings. The molecular weight excluding hydrogens is 360 g/mol. The number of imide groups is 1. The molecule has 1 saturated heterocycles. The van der Waals surface area contributed by atoms with Gasteiger partial charge in [0.25, 0.3) is 5.91 Å². The van der Waals surface area contributed by atoms with E-state index in [9.17, 15) is 14.4 Å². The van der Waals surface area contributed by atoms with Crippen molar-refractivity contribution in [2.75, 3.05) is 6.54 Å². The number of amides is 3. The Morgan fingerprint density at radius 1 is 1.07 bits per heavy atom. The monoisotopic (exact) mass is 378 g/mol. The summed E-state index contributed by atoms with van der Waals surface area (Å²) in [6.07, 6.45) is 0. The normalized spacial score (nSPS) is 19.6. The Kier molecular flexibility index (Phi) is 4.08. The van der Waals surface area contributed by atoms with Crippen molar-refractivity contribution < 1.29 is 14.4 Å². The van der Waals surface area contributed by atoms with Gasteiger partial charge in [-0.3, -0.25) is 14.5 Å². The maximum Gasteiger partial charge on any atom is 0.325 e. The van der Waals surface area contributed by atoms with E-state index in [-0.39, 0.29) is 12.3 Å². The second-order valence-corrected chi connectivity index (χ2v) is 8.13. The van der Waals surface area contributed by atoms with Crippen molar-refractivity contribution in [3.8, 4) is 0 Å². The molecule has 1 aliphatic rings. The lowest BCUT2D eigenvalue weighted by atomic mass is 9.90. The highest BCUT2D eigenvalue weighted by molar-refractivity contribution is 7.14. The van der Waals surface area contributed by atoms with E-state index in [1.807, 2.05) is 55.5 Å². The van der Waals surface area contributed by atoms with Crippen LogP contribution in [0, 0.1) is 6.92 Å². The van der Waals surface area contributed by atoms with Crippen molar-refractivity contribution in [3.05, 3.63) is 69.9 Å². The third-order valence-electron chi connectivity index (χ3n) is 4.92. The van der Waals surface area contributed by atoms with Gasteiger partial charge in [0.15, 0.2) is 5.78 Å². The van der Waals surface area contributed by atoms with Gasteiger partial charge in [0, 0.05) is 4.88 Å². The molecule has 1 aromatic heterocycles. The van der Waals surface area contributed by atoms with E-state index in [4.69, 9.17) is 0 Å². The highest BCUT2D eigenvalue weighted by atomic mass is 32.1. The Labute approximate surface area is 160 Å². The SMILES string of the molecule is Cc1ccc(C(=O)CN2C(=O)N[C@](C)(c3ccc4ccccc4c3)C2=O)s1. The summed E-state index contributed by atoms with van der Waals surface area (Å²) in [4.78, 5) is 40.5. The minimum Gasteiger partial charge on any atom is -0.319 e. The highest BCUT2D eigenvalue weighted by Gasteiger charge is 2.49. The smallest absolute Gasteiger partial charge is 0.319 e. The largest absolute Gasteiger partial charge is 0.325 e. The Morgan fingerprint density at radius 2 is 1.81 bits per heavy atom. The fourth-order valence-electron chi connectivity index (χ4n) is 3.34. The van der Waals surface area contributed by atoms with Gasteiger partial charge in [-0.15, -0.1) is 11.3 Å². The van der Waals surface area contributed by atoms with Crippen LogP contribution in [0.1, 0.15) is 27.0 Å². The van der Waals surface area contributed by atoms with Crippen LogP contribution in [0.25, 0.3) is 10.8 Å². The standard InChI is InChI=1S/C21H18N2O3S/c1-13-7-10-18(27-13)17(24)12-23-19(25)21(2,22-20(23)26)16-9-8-14-5-3-4-6-15(14)11-16/h3-11H,12H2,1-2H3,(H,22,26)/t21-/m1/s1. The average Bonchev–Trinajstić information content (AvgIpc) is 3.19. The number of urea groups is 1. The summed E-state index contributed by atoms with van der Waals surface area (Å²) in [7, 11) is 0. The van der Waals surface area contributed by atoms with E-state index in [2.05, 4.69) is 5.32 Å². The van der Waals surface area contributed by atoms with Gasteiger partial charge in [-0.05, 0) is 48.4 Å². The molecule has 6 heteroatoms. The van der Waals surface area contributed by atoms with Gasteiger partial charge in [-0.1, -0.05) is 36.4 Å². The van der Waals surface area contributed by atoms with Gasteiger partial charge >= 0.3 is 6.03 Å².